The van der Waals surface area contributed by atoms with Crippen molar-refractivity contribution in [2.75, 3.05) is 11.9 Å². The van der Waals surface area contributed by atoms with Gasteiger partial charge >= 0.3 is 5.97 Å². The summed E-state index contributed by atoms with van der Waals surface area (Å²) in [6.45, 7) is 0.615. The molecular formula is C16H15N3O6. The predicted octanol–water partition coefficient (Wildman–Crippen LogP) is 0.856. The molecule has 1 aromatic carbocycles. The molecule has 3 N–H and O–H groups in total. The lowest BCUT2D eigenvalue weighted by Crippen LogP contribution is -2.42. The largest absolute Gasteiger partial charge is 0.459 e. The number of anilines is 1. The number of benzene rings is 1. The number of esters is 1. The maximum atomic E-state index is 12.1. The third-order valence-corrected chi connectivity index (χ3v) is 2.85. The van der Waals surface area contributed by atoms with E-state index < -0.39 is 30.3 Å². The third-order valence-electron chi connectivity index (χ3n) is 2.85. The Bertz CT molecular complexity index is 785. The molecule has 0 aliphatic rings. The van der Waals surface area contributed by atoms with Crippen molar-refractivity contribution in [3.8, 4) is 0 Å². The maximum absolute atomic E-state index is 12.1. The van der Waals surface area contributed by atoms with Gasteiger partial charge in [-0.2, -0.15) is 0 Å². The van der Waals surface area contributed by atoms with Crippen molar-refractivity contribution >= 4 is 29.4 Å². The van der Waals surface area contributed by atoms with Crippen molar-refractivity contribution in [2.24, 2.45) is 0 Å². The van der Waals surface area contributed by atoms with Crippen LogP contribution in [0.3, 0.4) is 0 Å². The molecule has 3 amide bonds. The smallest absolute Gasteiger partial charge is 0.340 e. The van der Waals surface area contributed by atoms with E-state index in [2.05, 4.69) is 16.2 Å². The minimum Gasteiger partial charge on any atom is -0.459 e. The van der Waals surface area contributed by atoms with Gasteiger partial charge in [0, 0.05) is 6.92 Å². The van der Waals surface area contributed by atoms with Crippen LogP contribution in [0.1, 0.15) is 27.8 Å². The van der Waals surface area contributed by atoms with Crippen LogP contribution in [0.15, 0.2) is 47.1 Å². The maximum Gasteiger partial charge on any atom is 0.340 e. The summed E-state index contributed by atoms with van der Waals surface area (Å²) >= 11 is 0. The summed E-state index contributed by atoms with van der Waals surface area (Å²) in [6.07, 6.45) is 1.35. The van der Waals surface area contributed by atoms with Gasteiger partial charge in [-0.05, 0) is 24.3 Å². The Labute approximate surface area is 142 Å². The van der Waals surface area contributed by atoms with E-state index >= 15 is 0 Å². The van der Waals surface area contributed by atoms with Crippen LogP contribution in [0.2, 0.25) is 0 Å². The van der Waals surface area contributed by atoms with Gasteiger partial charge < -0.3 is 14.5 Å². The van der Waals surface area contributed by atoms with E-state index in [1.807, 2.05) is 0 Å². The Morgan fingerprint density at radius 1 is 1.04 bits per heavy atom. The molecule has 0 atom stereocenters. The molecule has 2 aromatic rings. The predicted molar refractivity (Wildman–Crippen MR) is 85.3 cm³/mol. The molecule has 25 heavy (non-hydrogen) atoms. The number of hydrogen-bond donors (Lipinski definition) is 3. The second kappa shape index (κ2) is 8.29. The summed E-state index contributed by atoms with van der Waals surface area (Å²) < 4.78 is 9.84. The average molecular weight is 345 g/mol. The first-order chi connectivity index (χ1) is 12.0. The fraction of sp³-hybridized carbons (Fsp3) is 0.125. The second-order valence-electron chi connectivity index (χ2n) is 4.78. The van der Waals surface area contributed by atoms with Crippen molar-refractivity contribution in [2.45, 2.75) is 6.92 Å². The number of para-hydroxylation sites is 1. The molecule has 9 nitrogen and oxygen atoms in total. The fourth-order valence-corrected chi connectivity index (χ4v) is 1.76. The second-order valence-corrected chi connectivity index (χ2v) is 4.78. The van der Waals surface area contributed by atoms with Crippen molar-refractivity contribution < 1.29 is 28.3 Å². The van der Waals surface area contributed by atoms with Gasteiger partial charge in [0.1, 0.15) is 0 Å². The van der Waals surface area contributed by atoms with Crippen LogP contribution >= 0.6 is 0 Å². The molecule has 9 heteroatoms. The van der Waals surface area contributed by atoms with E-state index in [-0.39, 0.29) is 17.0 Å². The van der Waals surface area contributed by atoms with E-state index in [0.717, 1.165) is 0 Å². The van der Waals surface area contributed by atoms with Gasteiger partial charge in [0.2, 0.25) is 5.91 Å². The van der Waals surface area contributed by atoms with Crippen molar-refractivity contribution in [1.29, 1.82) is 0 Å². The van der Waals surface area contributed by atoms with Crippen molar-refractivity contribution in [1.82, 2.24) is 10.9 Å². The lowest BCUT2D eigenvalue weighted by Gasteiger charge is -2.10. The van der Waals surface area contributed by atoms with Crippen LogP contribution < -0.4 is 16.2 Å². The van der Waals surface area contributed by atoms with E-state index in [1.54, 1.807) is 18.2 Å². The number of ether oxygens (including phenoxy) is 1. The minimum absolute atomic E-state index is 0.0646. The molecule has 0 aliphatic heterocycles. The molecule has 130 valence electrons. The lowest BCUT2D eigenvalue weighted by atomic mass is 10.1. The van der Waals surface area contributed by atoms with Crippen LogP contribution in [-0.4, -0.2) is 30.3 Å². The third kappa shape index (κ3) is 5.20. The molecule has 0 aliphatic carbocycles. The number of hydrogen-bond acceptors (Lipinski definition) is 6. The molecule has 0 saturated carbocycles. The first-order valence-electron chi connectivity index (χ1n) is 7.14. The summed E-state index contributed by atoms with van der Waals surface area (Å²) in [5, 5.41) is 2.53. The van der Waals surface area contributed by atoms with Gasteiger partial charge in [-0.15, -0.1) is 0 Å². The average Bonchev–Trinajstić information content (AvgIpc) is 3.13. The van der Waals surface area contributed by atoms with Gasteiger partial charge in [0.25, 0.3) is 11.8 Å². The summed E-state index contributed by atoms with van der Waals surface area (Å²) in [5.74, 6) is -2.44. The molecule has 1 heterocycles. The zero-order valence-corrected chi connectivity index (χ0v) is 13.2. The Balaban J connectivity index is 1.99. The molecule has 0 saturated heterocycles. The highest BCUT2D eigenvalue weighted by atomic mass is 16.5. The number of hydrazine groups is 1. The zero-order valence-electron chi connectivity index (χ0n) is 13.2. The van der Waals surface area contributed by atoms with Gasteiger partial charge in [-0.1, -0.05) is 12.1 Å². The van der Waals surface area contributed by atoms with Crippen molar-refractivity contribution in [3.05, 3.63) is 54.0 Å². The van der Waals surface area contributed by atoms with Crippen LogP contribution in [0, 0.1) is 0 Å². The summed E-state index contributed by atoms with van der Waals surface area (Å²) in [6, 6.07) is 9.18. The number of amides is 3. The van der Waals surface area contributed by atoms with Crippen LogP contribution in [0.25, 0.3) is 0 Å². The number of carbonyl (C=O) groups excluding carboxylic acids is 4. The van der Waals surface area contributed by atoms with Gasteiger partial charge in [0.15, 0.2) is 12.4 Å². The molecule has 2 rings (SSSR count). The number of furan rings is 1. The highest BCUT2D eigenvalue weighted by Gasteiger charge is 2.17. The Kier molecular flexibility index (Phi) is 5.88. The van der Waals surface area contributed by atoms with Crippen LogP contribution in [0.5, 0.6) is 0 Å². The topological polar surface area (TPSA) is 127 Å². The van der Waals surface area contributed by atoms with Crippen LogP contribution in [0.4, 0.5) is 5.69 Å². The highest BCUT2D eigenvalue weighted by Crippen LogP contribution is 2.17. The molecule has 1 aromatic heterocycles. The highest BCUT2D eigenvalue weighted by molar-refractivity contribution is 6.06. The zero-order chi connectivity index (χ0) is 18.2. The Hall–Kier alpha value is -3.62. The van der Waals surface area contributed by atoms with Crippen molar-refractivity contribution in [3.63, 3.8) is 0 Å². The van der Waals surface area contributed by atoms with E-state index in [4.69, 9.17) is 9.15 Å². The van der Waals surface area contributed by atoms with Crippen LogP contribution in [-0.2, 0) is 14.3 Å². The number of nitrogens with one attached hydrogen (secondary N) is 3. The molecular weight excluding hydrogens is 330 g/mol. The monoisotopic (exact) mass is 345 g/mol. The Morgan fingerprint density at radius 3 is 2.48 bits per heavy atom. The standard InChI is InChI=1S/C16H15N3O6/c1-10(20)18-19-14(21)9-25-16(23)11-5-2-3-6-12(11)17-15(22)13-7-4-8-24-13/h2-8H,9H2,1H3,(H,17,22)(H,18,20)(H,19,21). The number of carbonyl (C=O) groups is 4. The summed E-state index contributed by atoms with van der Waals surface area (Å²) in [7, 11) is 0. The molecule has 0 unspecified atom stereocenters. The number of rotatable bonds is 5. The van der Waals surface area contributed by atoms with Gasteiger partial charge in [-0.3, -0.25) is 25.2 Å². The molecule has 0 radical (unpaired) electrons. The fourth-order valence-electron chi connectivity index (χ4n) is 1.76. The minimum atomic E-state index is -0.812. The Morgan fingerprint density at radius 2 is 1.80 bits per heavy atom. The summed E-state index contributed by atoms with van der Waals surface area (Å²) in [5.41, 5.74) is 4.39. The van der Waals surface area contributed by atoms with E-state index in [0.29, 0.717) is 0 Å². The van der Waals surface area contributed by atoms with E-state index in [9.17, 15) is 19.2 Å². The normalized spacial score (nSPS) is 9.80. The first kappa shape index (κ1) is 17.7. The quantitative estimate of drug-likeness (QED) is 0.545. The first-order valence-corrected chi connectivity index (χ1v) is 7.14. The summed E-state index contributed by atoms with van der Waals surface area (Å²) in [4.78, 5) is 46.2. The van der Waals surface area contributed by atoms with Gasteiger partial charge in [-0.25, -0.2) is 4.79 Å². The van der Waals surface area contributed by atoms with E-state index in [1.165, 1.54) is 31.4 Å². The van der Waals surface area contributed by atoms with Gasteiger partial charge in [0.05, 0.1) is 17.5 Å². The molecule has 0 bridgehead atoms. The molecule has 0 spiro atoms. The SMILES string of the molecule is CC(=O)NNC(=O)COC(=O)c1ccccc1NC(=O)c1ccco1. The lowest BCUT2D eigenvalue weighted by molar-refractivity contribution is -0.129. The molecule has 0 fully saturated rings.